The first-order valence-corrected chi connectivity index (χ1v) is 22.7. The molecule has 1 amide bonds. The van der Waals surface area contributed by atoms with E-state index in [1.54, 1.807) is 0 Å². The largest absolute Gasteiger partial charge is 0.457 e. The summed E-state index contributed by atoms with van der Waals surface area (Å²) >= 11 is 0. The first-order chi connectivity index (χ1) is 28.0. The molecule has 0 aliphatic carbocycles. The Balaban J connectivity index is 1.64. The standard InChI is InChI=1S/C44H67NO12S/c1-2-3-4-5-6-7-8-9-13-22-29-36(54-39(48)32-31-35-27-20-16-21-28-35)43(49)45-40-42(41(57-58(51,52)53)37(33-46)55-44(40)50)56-38(47)30-23-14-11-10-12-17-24-34-25-18-15-19-26-34/h15-16,18-21,25-28,36-37,40-42,44,46,50H,2-14,17,22-24,29-33H2,1H3,(H,45,49)(H,51,52,53)/t36?,37-,40-,41-,42-,44?/m1/s1. The second-order valence-electron chi connectivity index (χ2n) is 15.3. The van der Waals surface area contributed by atoms with Gasteiger partial charge in [0.05, 0.1) is 6.61 Å². The molecule has 1 saturated heterocycles. The molecule has 0 bridgehead atoms. The predicted molar refractivity (Wildman–Crippen MR) is 220 cm³/mol. The number of aryl methyl sites for hydroxylation is 2. The maximum atomic E-state index is 13.9. The van der Waals surface area contributed by atoms with Gasteiger partial charge in [-0.3, -0.25) is 18.9 Å². The summed E-state index contributed by atoms with van der Waals surface area (Å²) in [4.78, 5) is 40.1. The summed E-state index contributed by atoms with van der Waals surface area (Å²) in [7, 11) is -5.19. The summed E-state index contributed by atoms with van der Waals surface area (Å²) in [5.41, 5.74) is 2.21. The number of benzene rings is 2. The molecule has 1 fully saturated rings. The Labute approximate surface area is 345 Å². The van der Waals surface area contributed by atoms with Crippen LogP contribution in [0.4, 0.5) is 0 Å². The van der Waals surface area contributed by atoms with Crippen molar-refractivity contribution in [3.63, 3.8) is 0 Å². The van der Waals surface area contributed by atoms with E-state index in [0.29, 0.717) is 19.3 Å². The normalized spacial score (nSPS) is 20.0. The second kappa shape index (κ2) is 28.1. The van der Waals surface area contributed by atoms with Crippen LogP contribution in [-0.4, -0.2) is 84.4 Å². The van der Waals surface area contributed by atoms with Crippen LogP contribution in [0.1, 0.15) is 140 Å². The molecular weight excluding hydrogens is 767 g/mol. The summed E-state index contributed by atoms with van der Waals surface area (Å²) in [6, 6.07) is 18.0. The van der Waals surface area contributed by atoms with Crippen molar-refractivity contribution in [2.24, 2.45) is 0 Å². The Morgan fingerprint density at radius 1 is 0.707 bits per heavy atom. The molecule has 326 valence electrons. The van der Waals surface area contributed by atoms with E-state index in [1.807, 2.05) is 48.5 Å². The fourth-order valence-corrected chi connectivity index (χ4v) is 7.72. The lowest BCUT2D eigenvalue weighted by molar-refractivity contribution is -0.254. The topological polar surface area (TPSA) is 195 Å². The van der Waals surface area contributed by atoms with E-state index < -0.39 is 71.6 Å². The van der Waals surface area contributed by atoms with Gasteiger partial charge in [0.25, 0.3) is 5.91 Å². The van der Waals surface area contributed by atoms with Crippen molar-refractivity contribution in [3.8, 4) is 0 Å². The zero-order chi connectivity index (χ0) is 42.0. The first kappa shape index (κ1) is 49.0. The highest BCUT2D eigenvalue weighted by molar-refractivity contribution is 7.80. The zero-order valence-electron chi connectivity index (χ0n) is 34.2. The SMILES string of the molecule is CCCCCCCCCCCCC(OC(=O)CCc1ccccc1)C(=O)N[C@H]1C(O)O[C@H](CO)[C@@H](OS(=O)(=O)O)[C@@H]1OC(=O)CCCCCCCCc1ccccc1. The molecular formula is C44H67NO12S. The van der Waals surface area contributed by atoms with Gasteiger partial charge in [0, 0.05) is 12.8 Å². The van der Waals surface area contributed by atoms with E-state index in [-0.39, 0.29) is 19.3 Å². The Kier molecular flexibility index (Phi) is 23.8. The number of aliphatic hydroxyl groups is 2. The van der Waals surface area contributed by atoms with E-state index in [1.165, 1.54) is 37.7 Å². The molecule has 3 rings (SSSR count). The molecule has 0 saturated carbocycles. The molecule has 2 unspecified atom stereocenters. The minimum Gasteiger partial charge on any atom is -0.457 e. The van der Waals surface area contributed by atoms with Gasteiger partial charge in [-0.25, -0.2) is 4.18 Å². The van der Waals surface area contributed by atoms with Gasteiger partial charge in [0.2, 0.25) is 0 Å². The number of unbranched alkanes of at least 4 members (excludes halogenated alkanes) is 14. The lowest BCUT2D eigenvalue weighted by Crippen LogP contribution is -2.67. The molecule has 1 heterocycles. The molecule has 0 aromatic heterocycles. The third-order valence-corrected chi connectivity index (χ3v) is 10.9. The highest BCUT2D eigenvalue weighted by Gasteiger charge is 2.51. The zero-order valence-corrected chi connectivity index (χ0v) is 35.0. The highest BCUT2D eigenvalue weighted by atomic mass is 32.3. The van der Waals surface area contributed by atoms with Crippen LogP contribution < -0.4 is 5.32 Å². The summed E-state index contributed by atoms with van der Waals surface area (Å²) in [5.74, 6) is -2.20. The number of carbonyl (C=O) groups is 3. The minimum absolute atomic E-state index is 0.0113. The molecule has 14 heteroatoms. The van der Waals surface area contributed by atoms with Crippen LogP contribution in [0.3, 0.4) is 0 Å². The van der Waals surface area contributed by atoms with Gasteiger partial charge in [-0.1, -0.05) is 151 Å². The van der Waals surface area contributed by atoms with Crippen LogP contribution >= 0.6 is 0 Å². The minimum atomic E-state index is -5.19. The number of hydrogen-bond donors (Lipinski definition) is 4. The first-order valence-electron chi connectivity index (χ1n) is 21.4. The Bertz CT molecular complexity index is 1540. The number of rotatable bonds is 30. The van der Waals surface area contributed by atoms with Gasteiger partial charge in [-0.2, -0.15) is 8.42 Å². The van der Waals surface area contributed by atoms with Crippen LogP contribution in [0.25, 0.3) is 0 Å². The number of amides is 1. The smallest absolute Gasteiger partial charge is 0.397 e. The van der Waals surface area contributed by atoms with E-state index >= 15 is 0 Å². The molecule has 0 radical (unpaired) electrons. The average Bonchev–Trinajstić information content (AvgIpc) is 3.20. The van der Waals surface area contributed by atoms with E-state index in [2.05, 4.69) is 24.4 Å². The molecule has 2 aromatic carbocycles. The van der Waals surface area contributed by atoms with Gasteiger partial charge in [0.15, 0.2) is 18.5 Å². The number of nitrogens with one attached hydrogen (secondary N) is 1. The van der Waals surface area contributed by atoms with Gasteiger partial charge in [-0.15, -0.1) is 0 Å². The lowest BCUT2D eigenvalue weighted by Gasteiger charge is -2.43. The number of hydrogen-bond acceptors (Lipinski definition) is 11. The number of esters is 2. The van der Waals surface area contributed by atoms with Crippen molar-refractivity contribution < 1.29 is 56.0 Å². The molecule has 2 aromatic rings. The fraction of sp³-hybridized carbons (Fsp3) is 0.659. The van der Waals surface area contributed by atoms with Gasteiger partial charge in [-0.05, 0) is 49.7 Å². The quantitative estimate of drug-likeness (QED) is 0.0355. The van der Waals surface area contributed by atoms with Crippen LogP contribution in [0.2, 0.25) is 0 Å². The van der Waals surface area contributed by atoms with Crippen molar-refractivity contribution in [1.29, 1.82) is 0 Å². The third-order valence-electron chi connectivity index (χ3n) is 10.4. The molecule has 13 nitrogen and oxygen atoms in total. The Hall–Kier alpha value is -3.40. The van der Waals surface area contributed by atoms with Crippen molar-refractivity contribution in [2.75, 3.05) is 6.61 Å². The van der Waals surface area contributed by atoms with Crippen molar-refractivity contribution in [2.45, 2.75) is 179 Å². The fourth-order valence-electron chi connectivity index (χ4n) is 7.20. The number of aliphatic hydroxyl groups excluding tert-OH is 2. The van der Waals surface area contributed by atoms with Crippen molar-refractivity contribution in [3.05, 3.63) is 71.8 Å². The summed E-state index contributed by atoms with van der Waals surface area (Å²) in [6.07, 6.45) is 8.95. The third kappa shape index (κ3) is 20.0. The maximum absolute atomic E-state index is 13.9. The van der Waals surface area contributed by atoms with Crippen molar-refractivity contribution >= 4 is 28.2 Å². The van der Waals surface area contributed by atoms with Gasteiger partial charge in [0.1, 0.15) is 18.2 Å². The van der Waals surface area contributed by atoms with Crippen LogP contribution in [-0.2, 0) is 56.0 Å². The molecule has 1 aliphatic heterocycles. The average molecular weight is 834 g/mol. The predicted octanol–water partition coefficient (Wildman–Crippen LogP) is 7.11. The summed E-state index contributed by atoms with van der Waals surface area (Å²) < 4.78 is 55.0. The summed E-state index contributed by atoms with van der Waals surface area (Å²) in [6.45, 7) is 1.31. The van der Waals surface area contributed by atoms with E-state index in [9.17, 15) is 37.6 Å². The molecule has 6 atom stereocenters. The molecule has 4 N–H and O–H groups in total. The summed E-state index contributed by atoms with van der Waals surface area (Å²) in [5, 5.41) is 23.6. The van der Waals surface area contributed by atoms with Crippen molar-refractivity contribution in [1.82, 2.24) is 5.32 Å². The second-order valence-corrected chi connectivity index (χ2v) is 16.3. The maximum Gasteiger partial charge on any atom is 0.397 e. The monoisotopic (exact) mass is 833 g/mol. The van der Waals surface area contributed by atoms with Crippen LogP contribution in [0, 0.1) is 0 Å². The highest BCUT2D eigenvalue weighted by Crippen LogP contribution is 2.28. The van der Waals surface area contributed by atoms with E-state index in [4.69, 9.17) is 18.4 Å². The lowest BCUT2D eigenvalue weighted by atomic mass is 9.96. The molecule has 1 aliphatic rings. The number of ether oxygens (including phenoxy) is 3. The Morgan fingerprint density at radius 2 is 1.24 bits per heavy atom. The van der Waals surface area contributed by atoms with Crippen LogP contribution in [0.15, 0.2) is 60.7 Å². The Morgan fingerprint density at radius 3 is 1.81 bits per heavy atom. The van der Waals surface area contributed by atoms with Crippen LogP contribution in [0.5, 0.6) is 0 Å². The van der Waals surface area contributed by atoms with Gasteiger partial charge < -0.3 is 29.7 Å². The van der Waals surface area contributed by atoms with Gasteiger partial charge >= 0.3 is 22.3 Å². The van der Waals surface area contributed by atoms with E-state index in [0.717, 1.165) is 69.8 Å². The molecule has 58 heavy (non-hydrogen) atoms. The molecule has 0 spiro atoms. The number of carbonyl (C=O) groups excluding carboxylic acids is 3.